The standard InChI is InChI=1S/C13H15BrF3N.ClH/c14-11-6-5-9(13(15,16)17)7-10(11)12(18)8-3-1-2-4-8;/h5-8,12H,1-4,18H2;1H/t12-;/m1./s1. The first kappa shape index (κ1) is 16.8. The molecule has 0 bridgehead atoms. The summed E-state index contributed by atoms with van der Waals surface area (Å²) >= 11 is 3.30. The molecule has 0 radical (unpaired) electrons. The lowest BCUT2D eigenvalue weighted by Gasteiger charge is -2.21. The van der Waals surface area contributed by atoms with E-state index >= 15 is 0 Å². The van der Waals surface area contributed by atoms with Gasteiger partial charge in [-0.2, -0.15) is 13.2 Å². The van der Waals surface area contributed by atoms with Crippen LogP contribution in [0.3, 0.4) is 0 Å². The summed E-state index contributed by atoms with van der Waals surface area (Å²) in [6.45, 7) is 0. The molecule has 1 aromatic carbocycles. The molecule has 1 aromatic rings. The largest absolute Gasteiger partial charge is 0.416 e. The summed E-state index contributed by atoms with van der Waals surface area (Å²) < 4.78 is 38.7. The normalized spacial score (nSPS) is 18.2. The zero-order valence-electron chi connectivity index (χ0n) is 10.2. The van der Waals surface area contributed by atoms with E-state index in [1.54, 1.807) is 0 Å². The zero-order valence-corrected chi connectivity index (χ0v) is 12.6. The molecule has 0 heterocycles. The summed E-state index contributed by atoms with van der Waals surface area (Å²) in [5.41, 5.74) is 6.05. The third-order valence-corrected chi connectivity index (χ3v) is 4.31. The first-order chi connectivity index (χ1) is 8.39. The highest BCUT2D eigenvalue weighted by Gasteiger charge is 2.32. The number of halogens is 5. The molecule has 2 rings (SSSR count). The van der Waals surface area contributed by atoms with E-state index in [0.717, 1.165) is 31.7 Å². The fraction of sp³-hybridized carbons (Fsp3) is 0.538. The number of hydrogen-bond donors (Lipinski definition) is 1. The smallest absolute Gasteiger partial charge is 0.324 e. The van der Waals surface area contributed by atoms with Gasteiger partial charge in [0.2, 0.25) is 0 Å². The number of nitrogens with two attached hydrogens (primary N) is 1. The summed E-state index contributed by atoms with van der Waals surface area (Å²) in [6.07, 6.45) is -0.0670. The van der Waals surface area contributed by atoms with Crippen molar-refractivity contribution in [2.45, 2.75) is 37.9 Å². The molecule has 1 fully saturated rings. The van der Waals surface area contributed by atoms with Gasteiger partial charge in [0.05, 0.1) is 5.56 Å². The summed E-state index contributed by atoms with van der Waals surface area (Å²) in [7, 11) is 0. The molecular weight excluding hydrogens is 343 g/mol. The fourth-order valence-electron chi connectivity index (χ4n) is 2.55. The molecule has 2 N–H and O–H groups in total. The van der Waals surface area contributed by atoms with Gasteiger partial charge in [0, 0.05) is 10.5 Å². The van der Waals surface area contributed by atoms with Crippen molar-refractivity contribution >= 4 is 28.3 Å². The van der Waals surface area contributed by atoms with Gasteiger partial charge in [0.1, 0.15) is 0 Å². The molecule has 1 aliphatic carbocycles. The van der Waals surface area contributed by atoms with Crippen molar-refractivity contribution in [2.75, 3.05) is 0 Å². The molecule has 1 atom stereocenters. The van der Waals surface area contributed by atoms with Gasteiger partial charge >= 0.3 is 6.18 Å². The molecule has 1 aliphatic rings. The van der Waals surface area contributed by atoms with E-state index in [4.69, 9.17) is 5.73 Å². The molecule has 1 saturated carbocycles. The average molecular weight is 359 g/mol. The topological polar surface area (TPSA) is 26.0 Å². The average Bonchev–Trinajstić information content (AvgIpc) is 2.80. The Balaban J connectivity index is 0.00000180. The maximum Gasteiger partial charge on any atom is 0.416 e. The van der Waals surface area contributed by atoms with Gasteiger partial charge in [-0.05, 0) is 42.5 Å². The van der Waals surface area contributed by atoms with Crippen LogP contribution in [-0.4, -0.2) is 0 Å². The first-order valence-electron chi connectivity index (χ1n) is 6.02. The van der Waals surface area contributed by atoms with Gasteiger partial charge in [-0.15, -0.1) is 12.4 Å². The maximum atomic E-state index is 12.7. The van der Waals surface area contributed by atoms with Crippen molar-refractivity contribution in [3.8, 4) is 0 Å². The van der Waals surface area contributed by atoms with Gasteiger partial charge in [-0.3, -0.25) is 0 Å². The summed E-state index contributed by atoms with van der Waals surface area (Å²) in [6, 6.07) is 3.37. The van der Waals surface area contributed by atoms with Gasteiger partial charge in [0.25, 0.3) is 0 Å². The quantitative estimate of drug-likeness (QED) is 0.784. The highest BCUT2D eigenvalue weighted by molar-refractivity contribution is 9.10. The van der Waals surface area contributed by atoms with Crippen molar-refractivity contribution in [1.82, 2.24) is 0 Å². The van der Waals surface area contributed by atoms with E-state index in [1.165, 1.54) is 12.1 Å². The Hall–Kier alpha value is -0.260. The molecule has 0 spiro atoms. The number of hydrogen-bond acceptors (Lipinski definition) is 1. The molecule has 0 unspecified atom stereocenters. The van der Waals surface area contributed by atoms with Crippen LogP contribution in [0.5, 0.6) is 0 Å². The molecular formula is C13H16BrClF3N. The predicted octanol–water partition coefficient (Wildman–Crippen LogP) is 5.08. The first-order valence-corrected chi connectivity index (χ1v) is 6.81. The molecule has 19 heavy (non-hydrogen) atoms. The molecule has 0 aromatic heterocycles. The number of benzene rings is 1. The second-order valence-corrected chi connectivity index (χ2v) is 5.66. The lowest BCUT2D eigenvalue weighted by Crippen LogP contribution is -2.20. The van der Waals surface area contributed by atoms with Crippen LogP contribution in [0.25, 0.3) is 0 Å². The van der Waals surface area contributed by atoms with Crippen LogP contribution >= 0.6 is 28.3 Å². The molecule has 0 aliphatic heterocycles. The minimum atomic E-state index is -4.31. The van der Waals surface area contributed by atoms with E-state index in [1.807, 2.05) is 0 Å². The summed E-state index contributed by atoms with van der Waals surface area (Å²) in [5.74, 6) is 0.296. The van der Waals surface area contributed by atoms with Crippen LogP contribution in [0.2, 0.25) is 0 Å². The van der Waals surface area contributed by atoms with Crippen molar-refractivity contribution in [1.29, 1.82) is 0 Å². The molecule has 108 valence electrons. The Morgan fingerprint density at radius 3 is 2.32 bits per heavy atom. The third-order valence-electron chi connectivity index (χ3n) is 3.59. The van der Waals surface area contributed by atoms with Gasteiger partial charge in [0.15, 0.2) is 0 Å². The van der Waals surface area contributed by atoms with Crippen molar-refractivity contribution < 1.29 is 13.2 Å². The molecule has 6 heteroatoms. The molecule has 1 nitrogen and oxygen atoms in total. The second-order valence-electron chi connectivity index (χ2n) is 4.80. The summed E-state index contributed by atoms with van der Waals surface area (Å²) in [5, 5.41) is 0. The maximum absolute atomic E-state index is 12.7. The van der Waals surface area contributed by atoms with E-state index < -0.39 is 11.7 Å². The highest BCUT2D eigenvalue weighted by atomic mass is 79.9. The Bertz CT molecular complexity index is 430. The van der Waals surface area contributed by atoms with Gasteiger partial charge < -0.3 is 5.73 Å². The highest BCUT2D eigenvalue weighted by Crippen LogP contribution is 2.39. The van der Waals surface area contributed by atoms with Crippen LogP contribution in [0.4, 0.5) is 13.2 Å². The van der Waals surface area contributed by atoms with Crippen LogP contribution in [-0.2, 0) is 6.18 Å². The Kier molecular flexibility index (Phi) is 5.71. The van der Waals surface area contributed by atoms with E-state index in [2.05, 4.69) is 15.9 Å². The Morgan fingerprint density at radius 1 is 1.21 bits per heavy atom. The predicted molar refractivity (Wildman–Crippen MR) is 75.3 cm³/mol. The lowest BCUT2D eigenvalue weighted by atomic mass is 9.91. The number of rotatable bonds is 2. The Morgan fingerprint density at radius 2 is 1.79 bits per heavy atom. The van der Waals surface area contributed by atoms with Crippen molar-refractivity contribution in [3.63, 3.8) is 0 Å². The van der Waals surface area contributed by atoms with Crippen LogP contribution in [0.1, 0.15) is 42.9 Å². The van der Waals surface area contributed by atoms with E-state index in [9.17, 15) is 13.2 Å². The monoisotopic (exact) mass is 357 g/mol. The van der Waals surface area contributed by atoms with Crippen molar-refractivity contribution in [2.24, 2.45) is 11.7 Å². The molecule has 0 saturated heterocycles. The third kappa shape index (κ3) is 3.86. The fourth-order valence-corrected chi connectivity index (χ4v) is 3.06. The van der Waals surface area contributed by atoms with Crippen LogP contribution in [0, 0.1) is 5.92 Å². The van der Waals surface area contributed by atoms with Gasteiger partial charge in [-0.25, -0.2) is 0 Å². The van der Waals surface area contributed by atoms with E-state index in [-0.39, 0.29) is 18.4 Å². The van der Waals surface area contributed by atoms with Crippen molar-refractivity contribution in [3.05, 3.63) is 33.8 Å². The molecule has 0 amide bonds. The van der Waals surface area contributed by atoms with Gasteiger partial charge in [-0.1, -0.05) is 28.8 Å². The van der Waals surface area contributed by atoms with E-state index in [0.29, 0.717) is 16.0 Å². The number of alkyl halides is 3. The Labute approximate surface area is 125 Å². The SMILES string of the molecule is Cl.N[C@@H](c1cc(C(F)(F)F)ccc1Br)C1CCCC1. The lowest BCUT2D eigenvalue weighted by molar-refractivity contribution is -0.137. The van der Waals surface area contributed by atoms with Crippen LogP contribution < -0.4 is 5.73 Å². The minimum absolute atomic E-state index is 0. The minimum Gasteiger partial charge on any atom is -0.324 e. The van der Waals surface area contributed by atoms with Crippen LogP contribution in [0.15, 0.2) is 22.7 Å². The summed E-state index contributed by atoms with van der Waals surface area (Å²) in [4.78, 5) is 0. The zero-order chi connectivity index (χ0) is 13.3. The second kappa shape index (κ2) is 6.46.